The van der Waals surface area contributed by atoms with Gasteiger partial charge in [0.15, 0.2) is 24.0 Å². The van der Waals surface area contributed by atoms with E-state index < -0.39 is 11.9 Å². The van der Waals surface area contributed by atoms with E-state index >= 15 is 0 Å². The first-order valence-corrected chi connectivity index (χ1v) is 7.03. The van der Waals surface area contributed by atoms with Crippen LogP contribution in [0, 0.1) is 17.1 Å². The van der Waals surface area contributed by atoms with Crippen LogP contribution in [0.15, 0.2) is 42.2 Å². The van der Waals surface area contributed by atoms with Gasteiger partial charge in [-0.1, -0.05) is 6.92 Å². The van der Waals surface area contributed by atoms with E-state index in [2.05, 4.69) is 0 Å². The molecular formula is C17H16FNO3. The van der Waals surface area contributed by atoms with Crippen LogP contribution in [0.25, 0.3) is 0 Å². The molecule has 0 spiro atoms. The molecular weight excluding hydrogens is 285 g/mol. The number of aldehydes is 1. The van der Waals surface area contributed by atoms with E-state index in [4.69, 9.17) is 14.7 Å². The minimum absolute atomic E-state index is 0.103. The fraction of sp³-hybridized carbons (Fsp3) is 0.294. The molecule has 2 unspecified atom stereocenters. The molecule has 2 atom stereocenters. The highest BCUT2D eigenvalue weighted by Gasteiger charge is 2.15. The van der Waals surface area contributed by atoms with Crippen LogP contribution in [0.3, 0.4) is 0 Å². The summed E-state index contributed by atoms with van der Waals surface area (Å²) in [5.41, 5.74) is 0.249. The molecule has 0 amide bonds. The zero-order chi connectivity index (χ0) is 15.9. The van der Waals surface area contributed by atoms with Gasteiger partial charge in [-0.05, 0) is 42.8 Å². The number of hydrogen-bond acceptors (Lipinski definition) is 4. The molecule has 4 nitrogen and oxygen atoms in total. The molecule has 0 N–H and O–H groups in total. The highest BCUT2D eigenvalue weighted by molar-refractivity contribution is 5.56. The average Bonchev–Trinajstić information content (AvgIpc) is 2.55. The van der Waals surface area contributed by atoms with E-state index in [1.54, 1.807) is 18.2 Å². The van der Waals surface area contributed by atoms with Crippen molar-refractivity contribution in [3.8, 4) is 11.8 Å². The number of carbonyl (C=O) groups is 1. The van der Waals surface area contributed by atoms with Gasteiger partial charge in [0.2, 0.25) is 0 Å². The molecule has 1 aliphatic carbocycles. The number of rotatable bonds is 6. The van der Waals surface area contributed by atoms with Gasteiger partial charge in [0.05, 0.1) is 11.6 Å². The predicted molar refractivity (Wildman–Crippen MR) is 78.6 cm³/mol. The molecule has 0 bridgehead atoms. The zero-order valence-corrected chi connectivity index (χ0v) is 12.2. The molecule has 5 heteroatoms. The first-order valence-electron chi connectivity index (χ1n) is 7.03. The normalized spacial score (nSPS) is 18.0. The number of benzene rings is 1. The Morgan fingerprint density at radius 2 is 2.36 bits per heavy atom. The van der Waals surface area contributed by atoms with Crippen molar-refractivity contribution in [2.45, 2.75) is 32.0 Å². The number of hydrogen-bond donors (Lipinski definition) is 0. The summed E-state index contributed by atoms with van der Waals surface area (Å²) < 4.78 is 24.8. The van der Waals surface area contributed by atoms with Crippen LogP contribution < -0.4 is 4.74 Å². The summed E-state index contributed by atoms with van der Waals surface area (Å²) in [5, 5.41) is 8.70. The van der Waals surface area contributed by atoms with Gasteiger partial charge in [-0.25, -0.2) is 4.39 Å². The summed E-state index contributed by atoms with van der Waals surface area (Å²) in [6, 6.07) is 5.96. The van der Waals surface area contributed by atoms with Crippen molar-refractivity contribution in [2.75, 3.05) is 0 Å². The lowest BCUT2D eigenvalue weighted by atomic mass is 10.1. The van der Waals surface area contributed by atoms with Crippen molar-refractivity contribution in [3.05, 3.63) is 53.6 Å². The predicted octanol–water partition coefficient (Wildman–Crippen LogP) is 3.28. The number of nitrogens with zero attached hydrogens (tertiary/aromatic N) is 1. The van der Waals surface area contributed by atoms with E-state index in [0.717, 1.165) is 12.4 Å². The topological polar surface area (TPSA) is 59.3 Å². The molecule has 1 aliphatic rings. The number of allylic oxidation sites excluding steroid dienone is 1. The fourth-order valence-electron chi connectivity index (χ4n) is 1.97. The summed E-state index contributed by atoms with van der Waals surface area (Å²) in [6.45, 7) is 1.87. The van der Waals surface area contributed by atoms with Crippen LogP contribution in [0.4, 0.5) is 4.39 Å². The summed E-state index contributed by atoms with van der Waals surface area (Å²) >= 11 is 0. The van der Waals surface area contributed by atoms with Crippen LogP contribution >= 0.6 is 0 Å². The molecule has 2 rings (SSSR count). The smallest absolute Gasteiger partial charge is 0.166 e. The summed E-state index contributed by atoms with van der Waals surface area (Å²) in [7, 11) is 0. The zero-order valence-electron chi connectivity index (χ0n) is 12.2. The standard InChI is InChI=1S/C17H16FNO3/c1-2-13(11-20)21-14-4-6-15(7-5-14)22-17-8-3-12(10-19)9-16(17)18/h3-6,8-9,11,13,15H,2,7H2,1H3. The van der Waals surface area contributed by atoms with Crippen molar-refractivity contribution < 1.29 is 18.7 Å². The Kier molecular flexibility index (Phi) is 5.31. The Bertz CT molecular complexity index is 646. The third kappa shape index (κ3) is 3.95. The Balaban J connectivity index is 1.95. The SMILES string of the molecule is CCC(C=O)OC1=CCC(Oc2ccc(C#N)cc2F)C=C1. The van der Waals surface area contributed by atoms with Crippen molar-refractivity contribution in [3.63, 3.8) is 0 Å². The second-order valence-electron chi connectivity index (χ2n) is 4.82. The van der Waals surface area contributed by atoms with Gasteiger partial charge in [0, 0.05) is 6.42 Å². The van der Waals surface area contributed by atoms with E-state index in [1.165, 1.54) is 12.1 Å². The second-order valence-corrected chi connectivity index (χ2v) is 4.82. The van der Waals surface area contributed by atoms with Gasteiger partial charge < -0.3 is 9.47 Å². The third-order valence-corrected chi connectivity index (χ3v) is 3.21. The van der Waals surface area contributed by atoms with Crippen LogP contribution in [-0.2, 0) is 9.53 Å². The Hall–Kier alpha value is -2.61. The quantitative estimate of drug-likeness (QED) is 0.757. The van der Waals surface area contributed by atoms with E-state index in [0.29, 0.717) is 18.6 Å². The molecule has 0 saturated carbocycles. The number of carbonyl (C=O) groups excluding carboxylic acids is 1. The van der Waals surface area contributed by atoms with E-state index in [-0.39, 0.29) is 17.4 Å². The van der Waals surface area contributed by atoms with Crippen LogP contribution in [0.5, 0.6) is 5.75 Å². The fourth-order valence-corrected chi connectivity index (χ4v) is 1.97. The monoisotopic (exact) mass is 301 g/mol. The molecule has 114 valence electrons. The van der Waals surface area contributed by atoms with Gasteiger partial charge in [-0.2, -0.15) is 5.26 Å². The Morgan fingerprint density at radius 1 is 1.55 bits per heavy atom. The van der Waals surface area contributed by atoms with Gasteiger partial charge in [-0.15, -0.1) is 0 Å². The van der Waals surface area contributed by atoms with Crippen molar-refractivity contribution in [1.29, 1.82) is 5.26 Å². The largest absolute Gasteiger partial charge is 0.483 e. The summed E-state index contributed by atoms with van der Waals surface area (Å²) in [4.78, 5) is 10.7. The maximum absolute atomic E-state index is 13.8. The van der Waals surface area contributed by atoms with E-state index in [9.17, 15) is 9.18 Å². The van der Waals surface area contributed by atoms with Gasteiger partial charge in [0.1, 0.15) is 11.9 Å². The Morgan fingerprint density at radius 3 is 2.91 bits per heavy atom. The van der Waals surface area contributed by atoms with Crippen LogP contribution in [0.1, 0.15) is 25.3 Å². The van der Waals surface area contributed by atoms with Crippen molar-refractivity contribution >= 4 is 6.29 Å². The van der Waals surface area contributed by atoms with Gasteiger partial charge >= 0.3 is 0 Å². The maximum Gasteiger partial charge on any atom is 0.166 e. The lowest BCUT2D eigenvalue weighted by Gasteiger charge is -2.20. The van der Waals surface area contributed by atoms with Crippen molar-refractivity contribution in [2.24, 2.45) is 0 Å². The van der Waals surface area contributed by atoms with Gasteiger partial charge in [0.25, 0.3) is 0 Å². The molecule has 0 heterocycles. The molecule has 0 saturated heterocycles. The van der Waals surface area contributed by atoms with Crippen molar-refractivity contribution in [1.82, 2.24) is 0 Å². The van der Waals surface area contributed by atoms with Gasteiger partial charge in [-0.3, -0.25) is 4.79 Å². The summed E-state index contributed by atoms with van der Waals surface area (Å²) in [5.74, 6) is 0.148. The second kappa shape index (κ2) is 7.41. The van der Waals surface area contributed by atoms with E-state index in [1.807, 2.05) is 13.0 Å². The molecule has 0 fully saturated rings. The average molecular weight is 301 g/mol. The minimum Gasteiger partial charge on any atom is -0.483 e. The minimum atomic E-state index is -0.564. The molecule has 1 aromatic rings. The molecule has 0 aliphatic heterocycles. The lowest BCUT2D eigenvalue weighted by molar-refractivity contribution is -0.115. The highest BCUT2D eigenvalue weighted by atomic mass is 19.1. The molecule has 0 aromatic heterocycles. The molecule has 1 aromatic carbocycles. The lowest BCUT2D eigenvalue weighted by Crippen LogP contribution is -2.18. The third-order valence-electron chi connectivity index (χ3n) is 3.21. The highest BCUT2D eigenvalue weighted by Crippen LogP contribution is 2.23. The first-order chi connectivity index (χ1) is 10.7. The Labute approximate surface area is 128 Å². The number of halogens is 1. The van der Waals surface area contributed by atoms with Crippen LogP contribution in [-0.4, -0.2) is 18.5 Å². The first kappa shape index (κ1) is 15.8. The molecule has 0 radical (unpaired) electrons. The number of ether oxygens (including phenoxy) is 2. The molecule has 22 heavy (non-hydrogen) atoms. The number of nitriles is 1. The van der Waals surface area contributed by atoms with Crippen LogP contribution in [0.2, 0.25) is 0 Å². The summed E-state index contributed by atoms with van der Waals surface area (Å²) in [6.07, 6.45) is 6.38. The maximum atomic E-state index is 13.8.